The average molecular weight is 262 g/mol. The summed E-state index contributed by atoms with van der Waals surface area (Å²) in [7, 11) is 0. The SMILES string of the molecule is CCc1ccc(OCc2ccccc2Cl)c(N)c1. The van der Waals surface area contributed by atoms with Gasteiger partial charge in [0.2, 0.25) is 0 Å². The lowest BCUT2D eigenvalue weighted by Gasteiger charge is -2.10. The normalized spacial score (nSPS) is 10.3. The van der Waals surface area contributed by atoms with E-state index >= 15 is 0 Å². The van der Waals surface area contributed by atoms with Crippen molar-refractivity contribution < 1.29 is 4.74 Å². The number of nitrogens with two attached hydrogens (primary N) is 1. The Morgan fingerprint density at radius 1 is 1.17 bits per heavy atom. The molecule has 94 valence electrons. The molecule has 0 unspecified atom stereocenters. The van der Waals surface area contributed by atoms with Crippen LogP contribution in [0.3, 0.4) is 0 Å². The standard InChI is InChI=1S/C15H16ClNO/c1-2-11-7-8-15(14(17)9-11)18-10-12-5-3-4-6-13(12)16/h3-9H,2,10,17H2,1H3. The number of ether oxygens (including phenoxy) is 1. The topological polar surface area (TPSA) is 35.2 Å². The van der Waals surface area contributed by atoms with Crippen LogP contribution in [-0.4, -0.2) is 0 Å². The van der Waals surface area contributed by atoms with E-state index in [1.165, 1.54) is 5.56 Å². The number of aryl methyl sites for hydroxylation is 1. The van der Waals surface area contributed by atoms with Crippen molar-refractivity contribution in [3.63, 3.8) is 0 Å². The first-order valence-electron chi connectivity index (χ1n) is 5.95. The van der Waals surface area contributed by atoms with Gasteiger partial charge in [-0.05, 0) is 30.2 Å². The average Bonchev–Trinajstić information content (AvgIpc) is 2.39. The maximum absolute atomic E-state index is 6.07. The first kappa shape index (κ1) is 12.8. The third-order valence-electron chi connectivity index (χ3n) is 2.82. The second-order valence-electron chi connectivity index (χ2n) is 4.11. The van der Waals surface area contributed by atoms with Crippen LogP contribution in [0.25, 0.3) is 0 Å². The Bertz CT molecular complexity index is 540. The highest BCUT2D eigenvalue weighted by molar-refractivity contribution is 6.31. The molecule has 2 aromatic rings. The van der Waals surface area contributed by atoms with Gasteiger partial charge in [-0.2, -0.15) is 0 Å². The summed E-state index contributed by atoms with van der Waals surface area (Å²) in [4.78, 5) is 0. The highest BCUT2D eigenvalue weighted by Crippen LogP contribution is 2.25. The van der Waals surface area contributed by atoms with Crippen LogP contribution in [0.1, 0.15) is 18.1 Å². The Labute approximate surface area is 112 Å². The Hall–Kier alpha value is -1.67. The van der Waals surface area contributed by atoms with Gasteiger partial charge >= 0.3 is 0 Å². The van der Waals surface area contributed by atoms with Gasteiger partial charge in [0.25, 0.3) is 0 Å². The summed E-state index contributed by atoms with van der Waals surface area (Å²) < 4.78 is 5.69. The zero-order valence-corrected chi connectivity index (χ0v) is 11.1. The monoisotopic (exact) mass is 261 g/mol. The minimum atomic E-state index is 0.426. The number of halogens is 1. The Morgan fingerprint density at radius 2 is 1.94 bits per heavy atom. The van der Waals surface area contributed by atoms with Crippen molar-refractivity contribution in [1.29, 1.82) is 0 Å². The van der Waals surface area contributed by atoms with Crippen LogP contribution < -0.4 is 10.5 Å². The van der Waals surface area contributed by atoms with Gasteiger partial charge in [-0.25, -0.2) is 0 Å². The summed E-state index contributed by atoms with van der Waals surface area (Å²) in [6.45, 7) is 2.52. The number of hydrogen-bond donors (Lipinski definition) is 1. The van der Waals surface area contributed by atoms with E-state index in [2.05, 4.69) is 6.92 Å². The predicted octanol–water partition coefficient (Wildman–Crippen LogP) is 4.06. The summed E-state index contributed by atoms with van der Waals surface area (Å²) in [5, 5.41) is 0.709. The van der Waals surface area contributed by atoms with Crippen molar-refractivity contribution in [3.8, 4) is 5.75 Å². The molecule has 0 fully saturated rings. The number of nitrogen functional groups attached to an aromatic ring is 1. The van der Waals surface area contributed by atoms with Crippen molar-refractivity contribution >= 4 is 17.3 Å². The van der Waals surface area contributed by atoms with Crippen LogP contribution in [0.5, 0.6) is 5.75 Å². The molecule has 18 heavy (non-hydrogen) atoms. The van der Waals surface area contributed by atoms with E-state index in [1.54, 1.807) is 0 Å². The molecule has 0 amide bonds. The maximum atomic E-state index is 6.07. The predicted molar refractivity (Wildman–Crippen MR) is 76.0 cm³/mol. The first-order valence-corrected chi connectivity index (χ1v) is 6.33. The molecule has 0 atom stereocenters. The number of benzene rings is 2. The molecule has 2 aromatic carbocycles. The Balaban J connectivity index is 2.09. The van der Waals surface area contributed by atoms with Crippen LogP contribution in [0.2, 0.25) is 5.02 Å². The van der Waals surface area contributed by atoms with Gasteiger partial charge in [-0.1, -0.05) is 42.8 Å². The second-order valence-corrected chi connectivity index (χ2v) is 4.51. The molecule has 0 aliphatic heterocycles. The fraction of sp³-hybridized carbons (Fsp3) is 0.200. The summed E-state index contributed by atoms with van der Waals surface area (Å²) in [6.07, 6.45) is 0.967. The van der Waals surface area contributed by atoms with Crippen LogP contribution in [0.4, 0.5) is 5.69 Å². The third-order valence-corrected chi connectivity index (χ3v) is 3.19. The van der Waals surface area contributed by atoms with Crippen LogP contribution in [0, 0.1) is 0 Å². The van der Waals surface area contributed by atoms with E-state index in [4.69, 9.17) is 22.1 Å². The molecule has 0 aliphatic rings. The molecular weight excluding hydrogens is 246 g/mol. The van der Waals surface area contributed by atoms with Gasteiger partial charge in [-0.3, -0.25) is 0 Å². The first-order chi connectivity index (χ1) is 8.70. The smallest absolute Gasteiger partial charge is 0.142 e. The molecule has 0 heterocycles. The van der Waals surface area contributed by atoms with Gasteiger partial charge in [0.05, 0.1) is 5.69 Å². The van der Waals surface area contributed by atoms with Crippen molar-refractivity contribution in [2.24, 2.45) is 0 Å². The fourth-order valence-electron chi connectivity index (χ4n) is 1.72. The summed E-state index contributed by atoms with van der Waals surface area (Å²) >= 11 is 6.07. The molecule has 2 nitrogen and oxygen atoms in total. The van der Waals surface area contributed by atoms with Gasteiger partial charge in [-0.15, -0.1) is 0 Å². The molecule has 3 heteroatoms. The zero-order chi connectivity index (χ0) is 13.0. The Morgan fingerprint density at radius 3 is 2.61 bits per heavy atom. The van der Waals surface area contributed by atoms with E-state index in [0.717, 1.165) is 12.0 Å². The van der Waals surface area contributed by atoms with Gasteiger partial charge < -0.3 is 10.5 Å². The molecular formula is C15H16ClNO. The highest BCUT2D eigenvalue weighted by atomic mass is 35.5. The van der Waals surface area contributed by atoms with Crippen molar-refractivity contribution in [3.05, 3.63) is 58.6 Å². The minimum absolute atomic E-state index is 0.426. The molecule has 0 spiro atoms. The molecule has 0 bridgehead atoms. The molecule has 0 saturated carbocycles. The fourth-order valence-corrected chi connectivity index (χ4v) is 1.91. The molecule has 0 aromatic heterocycles. The van der Waals surface area contributed by atoms with Gasteiger partial charge in [0, 0.05) is 10.6 Å². The lowest BCUT2D eigenvalue weighted by atomic mass is 10.1. The minimum Gasteiger partial charge on any atom is -0.487 e. The second kappa shape index (κ2) is 5.78. The summed E-state index contributed by atoms with van der Waals surface area (Å²) in [5.74, 6) is 0.701. The lowest BCUT2D eigenvalue weighted by molar-refractivity contribution is 0.308. The van der Waals surface area contributed by atoms with Crippen LogP contribution in [-0.2, 0) is 13.0 Å². The molecule has 2 N–H and O–H groups in total. The molecule has 0 radical (unpaired) electrons. The van der Waals surface area contributed by atoms with Crippen molar-refractivity contribution in [1.82, 2.24) is 0 Å². The van der Waals surface area contributed by atoms with Crippen molar-refractivity contribution in [2.45, 2.75) is 20.0 Å². The number of rotatable bonds is 4. The zero-order valence-electron chi connectivity index (χ0n) is 10.3. The quantitative estimate of drug-likeness (QED) is 0.843. The van der Waals surface area contributed by atoms with E-state index in [1.807, 2.05) is 42.5 Å². The largest absolute Gasteiger partial charge is 0.487 e. The molecule has 0 saturated heterocycles. The molecule has 2 rings (SSSR count). The third kappa shape index (κ3) is 2.96. The number of anilines is 1. The van der Waals surface area contributed by atoms with Crippen molar-refractivity contribution in [2.75, 3.05) is 5.73 Å². The highest BCUT2D eigenvalue weighted by Gasteiger charge is 2.04. The molecule has 0 aliphatic carbocycles. The van der Waals surface area contributed by atoms with E-state index in [-0.39, 0.29) is 0 Å². The Kier molecular flexibility index (Phi) is 4.11. The number of hydrogen-bond acceptors (Lipinski definition) is 2. The van der Waals surface area contributed by atoms with E-state index < -0.39 is 0 Å². The van der Waals surface area contributed by atoms with Crippen LogP contribution in [0.15, 0.2) is 42.5 Å². The summed E-state index contributed by atoms with van der Waals surface area (Å²) in [5.41, 5.74) is 8.77. The van der Waals surface area contributed by atoms with E-state index in [0.29, 0.717) is 23.1 Å². The maximum Gasteiger partial charge on any atom is 0.142 e. The van der Waals surface area contributed by atoms with E-state index in [9.17, 15) is 0 Å². The van der Waals surface area contributed by atoms with Crippen LogP contribution >= 0.6 is 11.6 Å². The lowest BCUT2D eigenvalue weighted by Crippen LogP contribution is -2.00. The summed E-state index contributed by atoms with van der Waals surface area (Å²) in [6, 6.07) is 13.5. The van der Waals surface area contributed by atoms with Gasteiger partial charge in [0.15, 0.2) is 0 Å². The van der Waals surface area contributed by atoms with Gasteiger partial charge in [0.1, 0.15) is 12.4 Å².